The normalized spacial score (nSPS) is 18.9. The van der Waals surface area contributed by atoms with Gasteiger partial charge in [0.05, 0.1) is 25.7 Å². The highest BCUT2D eigenvalue weighted by Gasteiger charge is 2.48. The summed E-state index contributed by atoms with van der Waals surface area (Å²) < 4.78 is 31.0. The molecule has 0 atom stereocenters. The number of rotatable bonds is 4. The van der Waals surface area contributed by atoms with Gasteiger partial charge in [-0.3, -0.25) is 19.7 Å². The Labute approximate surface area is 155 Å². The number of esters is 1. The summed E-state index contributed by atoms with van der Waals surface area (Å²) in [7, 11) is 1.27. The molecule has 7 nitrogen and oxygen atoms in total. The molecular weight excluding hydrogens is 360 g/mol. The standard InChI is InChI=1S/C18H21F2N3O4/c1-27-17(26)11-23-16(25)10-21-18(23)4-6-22(7-5-18)15(24)9-12-2-3-13(19)14(20)8-12/h2-3,8,21H,4-7,9-11H2,1H3. The summed E-state index contributed by atoms with van der Waals surface area (Å²) in [6.45, 7) is 0.784. The number of amides is 2. The average Bonchev–Trinajstić information content (AvgIpc) is 2.94. The number of methoxy groups -OCH3 is 1. The summed E-state index contributed by atoms with van der Waals surface area (Å²) in [5.41, 5.74) is -0.259. The molecule has 1 aromatic carbocycles. The van der Waals surface area contributed by atoms with Crippen molar-refractivity contribution < 1.29 is 27.9 Å². The maximum atomic E-state index is 13.3. The van der Waals surface area contributed by atoms with Crippen molar-refractivity contribution in [1.82, 2.24) is 15.1 Å². The van der Waals surface area contributed by atoms with Gasteiger partial charge in [-0.2, -0.15) is 0 Å². The fourth-order valence-corrected chi connectivity index (χ4v) is 3.61. The molecule has 2 aliphatic heterocycles. The van der Waals surface area contributed by atoms with Crippen LogP contribution in [0.5, 0.6) is 0 Å². The molecule has 0 saturated carbocycles. The monoisotopic (exact) mass is 381 g/mol. The van der Waals surface area contributed by atoms with Gasteiger partial charge >= 0.3 is 5.97 Å². The largest absolute Gasteiger partial charge is 0.468 e. The van der Waals surface area contributed by atoms with Crippen LogP contribution in [0.15, 0.2) is 18.2 Å². The summed E-state index contributed by atoms with van der Waals surface area (Å²) in [6, 6.07) is 3.41. The first-order valence-corrected chi connectivity index (χ1v) is 8.69. The lowest BCUT2D eigenvalue weighted by Crippen LogP contribution is -2.60. The number of benzene rings is 1. The number of nitrogens with one attached hydrogen (secondary N) is 1. The Hall–Kier alpha value is -2.55. The Bertz CT molecular complexity index is 763. The Balaban J connectivity index is 1.62. The molecule has 2 aliphatic rings. The predicted octanol–water partition coefficient (Wildman–Crippen LogP) is 0.431. The summed E-state index contributed by atoms with van der Waals surface area (Å²) in [5.74, 6) is -2.80. The fraction of sp³-hybridized carbons (Fsp3) is 0.500. The van der Waals surface area contributed by atoms with Crippen LogP contribution in [-0.4, -0.2) is 66.5 Å². The molecule has 9 heteroatoms. The van der Waals surface area contributed by atoms with Crippen LogP contribution in [0.2, 0.25) is 0 Å². The van der Waals surface area contributed by atoms with Gasteiger partial charge in [-0.05, 0) is 17.7 Å². The molecule has 0 aliphatic carbocycles. The summed E-state index contributed by atoms with van der Waals surface area (Å²) in [4.78, 5) is 39.3. The van der Waals surface area contributed by atoms with Crippen molar-refractivity contribution >= 4 is 17.8 Å². The number of carbonyl (C=O) groups is 3. The zero-order chi connectivity index (χ0) is 19.6. The Morgan fingerprint density at radius 2 is 1.93 bits per heavy atom. The number of carbonyl (C=O) groups excluding carboxylic acids is 3. The number of hydrogen-bond acceptors (Lipinski definition) is 5. The van der Waals surface area contributed by atoms with Crippen LogP contribution >= 0.6 is 0 Å². The number of hydrogen-bond donors (Lipinski definition) is 1. The lowest BCUT2D eigenvalue weighted by atomic mass is 9.95. The molecule has 0 aromatic heterocycles. The quantitative estimate of drug-likeness (QED) is 0.766. The van der Waals surface area contributed by atoms with Crippen molar-refractivity contribution in [2.75, 3.05) is 33.3 Å². The Morgan fingerprint density at radius 3 is 2.56 bits per heavy atom. The second-order valence-electron chi connectivity index (χ2n) is 6.75. The van der Waals surface area contributed by atoms with E-state index in [-0.39, 0.29) is 31.3 Å². The molecule has 3 rings (SSSR count). The van der Waals surface area contributed by atoms with Crippen molar-refractivity contribution in [2.45, 2.75) is 24.9 Å². The van der Waals surface area contributed by atoms with Crippen LogP contribution in [0.3, 0.4) is 0 Å². The number of piperidine rings is 1. The van der Waals surface area contributed by atoms with Crippen LogP contribution in [0.4, 0.5) is 8.78 Å². The van der Waals surface area contributed by atoms with E-state index in [1.54, 1.807) is 4.90 Å². The molecule has 0 unspecified atom stereocenters. The highest BCUT2D eigenvalue weighted by Crippen LogP contribution is 2.30. The van der Waals surface area contributed by atoms with Gasteiger partial charge in [0, 0.05) is 25.9 Å². The maximum Gasteiger partial charge on any atom is 0.325 e. The highest BCUT2D eigenvalue weighted by atomic mass is 19.2. The Kier molecular flexibility index (Phi) is 5.41. The second-order valence-corrected chi connectivity index (χ2v) is 6.75. The summed E-state index contributed by atoms with van der Waals surface area (Å²) >= 11 is 0. The van der Waals surface area contributed by atoms with Crippen LogP contribution in [-0.2, 0) is 25.5 Å². The van der Waals surface area contributed by atoms with Gasteiger partial charge in [0.1, 0.15) is 6.54 Å². The number of nitrogens with zero attached hydrogens (tertiary/aromatic N) is 2. The van der Waals surface area contributed by atoms with E-state index >= 15 is 0 Å². The number of likely N-dealkylation sites (tertiary alicyclic amines) is 1. The van der Waals surface area contributed by atoms with Gasteiger partial charge in [0.25, 0.3) is 0 Å². The molecule has 1 spiro atoms. The SMILES string of the molecule is COC(=O)CN1C(=O)CNC12CCN(C(=O)Cc1ccc(F)c(F)c1)CC2. The minimum Gasteiger partial charge on any atom is -0.468 e. The topological polar surface area (TPSA) is 79.0 Å². The van der Waals surface area contributed by atoms with Crippen LogP contribution < -0.4 is 5.32 Å². The number of ether oxygens (including phenoxy) is 1. The molecular formula is C18H21F2N3O4. The van der Waals surface area contributed by atoms with Crippen LogP contribution in [0.1, 0.15) is 18.4 Å². The molecule has 146 valence electrons. The minimum atomic E-state index is -0.981. The molecule has 2 saturated heterocycles. The molecule has 0 bridgehead atoms. The third-order valence-electron chi connectivity index (χ3n) is 5.18. The van der Waals surface area contributed by atoms with E-state index in [2.05, 4.69) is 10.1 Å². The molecule has 2 fully saturated rings. The van der Waals surface area contributed by atoms with E-state index in [1.165, 1.54) is 18.1 Å². The predicted molar refractivity (Wildman–Crippen MR) is 90.3 cm³/mol. The third-order valence-corrected chi connectivity index (χ3v) is 5.18. The van der Waals surface area contributed by atoms with E-state index < -0.39 is 23.3 Å². The van der Waals surface area contributed by atoms with Crippen LogP contribution in [0.25, 0.3) is 0 Å². The Morgan fingerprint density at radius 1 is 1.22 bits per heavy atom. The first-order chi connectivity index (χ1) is 12.8. The van der Waals surface area contributed by atoms with Crippen molar-refractivity contribution in [3.8, 4) is 0 Å². The van der Waals surface area contributed by atoms with E-state index in [9.17, 15) is 23.2 Å². The van der Waals surface area contributed by atoms with Gasteiger partial charge in [0.2, 0.25) is 11.8 Å². The molecule has 1 aromatic rings. The van der Waals surface area contributed by atoms with Gasteiger partial charge in [-0.15, -0.1) is 0 Å². The van der Waals surface area contributed by atoms with Gasteiger partial charge in [-0.25, -0.2) is 8.78 Å². The van der Waals surface area contributed by atoms with Gasteiger partial charge in [-0.1, -0.05) is 6.07 Å². The van der Waals surface area contributed by atoms with E-state index in [0.717, 1.165) is 12.1 Å². The molecule has 0 radical (unpaired) electrons. The first-order valence-electron chi connectivity index (χ1n) is 8.69. The van der Waals surface area contributed by atoms with E-state index in [4.69, 9.17) is 0 Å². The van der Waals surface area contributed by atoms with Crippen LogP contribution in [0, 0.1) is 11.6 Å². The molecule has 2 amide bonds. The third kappa shape index (κ3) is 3.92. The molecule has 2 heterocycles. The van der Waals surface area contributed by atoms with E-state index in [0.29, 0.717) is 31.5 Å². The van der Waals surface area contributed by atoms with Crippen molar-refractivity contribution in [1.29, 1.82) is 0 Å². The highest BCUT2D eigenvalue weighted by molar-refractivity contribution is 5.86. The zero-order valence-electron chi connectivity index (χ0n) is 15.0. The summed E-state index contributed by atoms with van der Waals surface area (Å²) in [6.07, 6.45) is 0.918. The first kappa shape index (κ1) is 19.2. The lowest BCUT2D eigenvalue weighted by molar-refractivity contribution is -0.150. The second kappa shape index (κ2) is 7.59. The van der Waals surface area contributed by atoms with E-state index in [1.807, 2.05) is 0 Å². The summed E-state index contributed by atoms with van der Waals surface area (Å²) in [5, 5.41) is 3.16. The van der Waals surface area contributed by atoms with Gasteiger partial charge in [0.15, 0.2) is 11.6 Å². The van der Waals surface area contributed by atoms with Crippen molar-refractivity contribution in [3.05, 3.63) is 35.4 Å². The minimum absolute atomic E-state index is 0.0254. The number of halogens is 2. The molecule has 1 N–H and O–H groups in total. The van der Waals surface area contributed by atoms with Crippen molar-refractivity contribution in [2.24, 2.45) is 0 Å². The zero-order valence-corrected chi connectivity index (χ0v) is 15.0. The lowest BCUT2D eigenvalue weighted by Gasteiger charge is -2.44. The average molecular weight is 381 g/mol. The molecule has 27 heavy (non-hydrogen) atoms. The van der Waals surface area contributed by atoms with Gasteiger partial charge < -0.3 is 14.5 Å². The van der Waals surface area contributed by atoms with Crippen molar-refractivity contribution in [3.63, 3.8) is 0 Å². The smallest absolute Gasteiger partial charge is 0.325 e. The maximum absolute atomic E-state index is 13.3. The fourth-order valence-electron chi connectivity index (χ4n) is 3.61.